The molecule has 0 atom stereocenters. The molecule has 1 N–H and O–H groups in total. The van der Waals surface area contributed by atoms with Gasteiger partial charge in [-0.2, -0.15) is 0 Å². The maximum absolute atomic E-state index is 12.4. The highest BCUT2D eigenvalue weighted by molar-refractivity contribution is 6.06. The Morgan fingerprint density at radius 1 is 1.16 bits per heavy atom. The molecule has 2 aromatic rings. The number of hydrogen-bond donors (Lipinski definition) is 1. The van der Waals surface area contributed by atoms with Crippen LogP contribution in [0.15, 0.2) is 36.4 Å². The number of carbonyl (C=O) groups excluding carboxylic acids is 2. The highest BCUT2D eigenvalue weighted by Crippen LogP contribution is 2.28. The Hall–Kier alpha value is -3.42. The van der Waals surface area contributed by atoms with E-state index in [4.69, 9.17) is 4.74 Å². The van der Waals surface area contributed by atoms with Gasteiger partial charge in [0.25, 0.3) is 5.91 Å². The number of amides is 1. The van der Waals surface area contributed by atoms with Gasteiger partial charge in [0.1, 0.15) is 0 Å². The predicted octanol–water partition coefficient (Wildman–Crippen LogP) is 2.95. The molecule has 0 spiro atoms. The smallest absolute Gasteiger partial charge is 0.338 e. The number of hydrogen-bond acceptors (Lipinski definition) is 6. The molecule has 2 rings (SSSR count). The van der Waals surface area contributed by atoms with Crippen molar-refractivity contribution >= 4 is 23.3 Å². The third-order valence-corrected chi connectivity index (χ3v) is 3.63. The van der Waals surface area contributed by atoms with Crippen molar-refractivity contribution in [1.29, 1.82) is 0 Å². The van der Waals surface area contributed by atoms with Crippen molar-refractivity contribution in [2.75, 3.05) is 19.5 Å². The molecule has 0 heterocycles. The van der Waals surface area contributed by atoms with Gasteiger partial charge in [0, 0.05) is 17.3 Å². The van der Waals surface area contributed by atoms with Gasteiger partial charge in [-0.15, -0.1) is 0 Å². The van der Waals surface area contributed by atoms with Crippen molar-refractivity contribution in [3.63, 3.8) is 0 Å². The molecule has 0 aromatic heterocycles. The van der Waals surface area contributed by atoms with Crippen molar-refractivity contribution in [3.05, 3.63) is 63.2 Å². The molecule has 0 radical (unpaired) electrons. The molecule has 0 unspecified atom stereocenters. The molecule has 8 nitrogen and oxygen atoms in total. The lowest BCUT2D eigenvalue weighted by Gasteiger charge is -2.11. The van der Waals surface area contributed by atoms with E-state index in [-0.39, 0.29) is 17.0 Å². The fraction of sp³-hybridized carbons (Fsp3) is 0.176. The second-order valence-electron chi connectivity index (χ2n) is 5.07. The third kappa shape index (κ3) is 3.74. The number of benzene rings is 2. The molecule has 0 saturated heterocycles. The lowest BCUT2D eigenvalue weighted by molar-refractivity contribution is -0.385. The first-order chi connectivity index (χ1) is 11.9. The summed E-state index contributed by atoms with van der Waals surface area (Å²) in [5.41, 5.74) is 1.05. The van der Waals surface area contributed by atoms with Gasteiger partial charge < -0.3 is 14.8 Å². The van der Waals surface area contributed by atoms with Crippen LogP contribution in [0.1, 0.15) is 26.3 Å². The largest absolute Gasteiger partial charge is 0.490 e. The summed E-state index contributed by atoms with van der Waals surface area (Å²) in [4.78, 5) is 34.5. The van der Waals surface area contributed by atoms with E-state index in [9.17, 15) is 19.7 Å². The third-order valence-electron chi connectivity index (χ3n) is 3.63. The topological polar surface area (TPSA) is 108 Å². The summed E-state index contributed by atoms with van der Waals surface area (Å²) < 4.78 is 9.60. The normalized spacial score (nSPS) is 10.0. The van der Waals surface area contributed by atoms with Gasteiger partial charge >= 0.3 is 11.7 Å². The van der Waals surface area contributed by atoms with Crippen molar-refractivity contribution in [3.8, 4) is 5.75 Å². The number of esters is 1. The number of nitro benzene ring substituents is 1. The number of nitrogens with one attached hydrogen (secondary N) is 1. The van der Waals surface area contributed by atoms with Gasteiger partial charge in [-0.25, -0.2) is 4.79 Å². The zero-order chi connectivity index (χ0) is 18.6. The molecule has 0 aliphatic carbocycles. The minimum absolute atomic E-state index is 0.0606. The van der Waals surface area contributed by atoms with Crippen molar-refractivity contribution in [2.24, 2.45) is 0 Å². The number of rotatable bonds is 5. The lowest BCUT2D eigenvalue weighted by Crippen LogP contribution is -2.14. The summed E-state index contributed by atoms with van der Waals surface area (Å²) in [6.45, 7) is 1.67. The highest BCUT2D eigenvalue weighted by Gasteiger charge is 2.19. The van der Waals surface area contributed by atoms with E-state index in [1.54, 1.807) is 25.1 Å². The average molecular weight is 344 g/mol. The van der Waals surface area contributed by atoms with Crippen LogP contribution in [0, 0.1) is 17.0 Å². The zero-order valence-corrected chi connectivity index (χ0v) is 13.9. The molecule has 1 amide bonds. The number of carbonyl (C=O) groups is 2. The fourth-order valence-electron chi connectivity index (χ4n) is 2.27. The monoisotopic (exact) mass is 344 g/mol. The number of anilines is 1. The molecule has 0 aliphatic heterocycles. The Morgan fingerprint density at radius 3 is 2.48 bits per heavy atom. The van der Waals surface area contributed by atoms with E-state index in [0.29, 0.717) is 16.8 Å². The summed E-state index contributed by atoms with van der Waals surface area (Å²) in [7, 11) is 2.58. The van der Waals surface area contributed by atoms with Gasteiger partial charge in [-0.05, 0) is 36.8 Å². The molecular weight excluding hydrogens is 328 g/mol. The molecule has 0 saturated carbocycles. The van der Waals surface area contributed by atoms with Gasteiger partial charge in [0.15, 0.2) is 5.75 Å². The fourth-order valence-corrected chi connectivity index (χ4v) is 2.27. The van der Waals surface area contributed by atoms with Crippen LogP contribution in [-0.2, 0) is 4.74 Å². The van der Waals surface area contributed by atoms with Crippen LogP contribution in [0.5, 0.6) is 5.75 Å². The van der Waals surface area contributed by atoms with E-state index in [0.717, 1.165) is 6.07 Å². The quantitative estimate of drug-likeness (QED) is 0.507. The Balaban J connectivity index is 2.33. The average Bonchev–Trinajstić information content (AvgIpc) is 2.62. The molecule has 130 valence electrons. The van der Waals surface area contributed by atoms with Crippen molar-refractivity contribution < 1.29 is 24.0 Å². The molecular formula is C17H16N2O6. The van der Waals surface area contributed by atoms with Gasteiger partial charge in [0.2, 0.25) is 0 Å². The first-order valence-corrected chi connectivity index (χ1v) is 7.20. The van der Waals surface area contributed by atoms with Crippen LogP contribution in [0.4, 0.5) is 11.4 Å². The van der Waals surface area contributed by atoms with Crippen LogP contribution in [0.3, 0.4) is 0 Å². The standard InChI is InChI=1S/C17H16N2O6/c1-10-12(17(21)25-3)5-4-6-13(10)18-16(20)11-7-8-15(24-2)14(9-11)19(22)23/h4-9H,1-3H3,(H,18,20). The molecule has 25 heavy (non-hydrogen) atoms. The molecule has 0 fully saturated rings. The first kappa shape index (κ1) is 17.9. The minimum atomic E-state index is -0.626. The van der Waals surface area contributed by atoms with E-state index in [1.165, 1.54) is 26.4 Å². The van der Waals surface area contributed by atoms with E-state index in [2.05, 4.69) is 10.1 Å². The summed E-state index contributed by atoms with van der Waals surface area (Å²) in [6.07, 6.45) is 0. The molecule has 0 bridgehead atoms. The Morgan fingerprint density at radius 2 is 1.88 bits per heavy atom. The maximum Gasteiger partial charge on any atom is 0.338 e. The van der Waals surface area contributed by atoms with Crippen LogP contribution in [0.2, 0.25) is 0 Å². The van der Waals surface area contributed by atoms with E-state index in [1.807, 2.05) is 0 Å². The van der Waals surface area contributed by atoms with Crippen molar-refractivity contribution in [2.45, 2.75) is 6.92 Å². The summed E-state index contributed by atoms with van der Waals surface area (Å²) in [5, 5.41) is 13.7. The van der Waals surface area contributed by atoms with Crippen LogP contribution in [-0.4, -0.2) is 31.0 Å². The minimum Gasteiger partial charge on any atom is -0.490 e. The van der Waals surface area contributed by atoms with Gasteiger partial charge in [0.05, 0.1) is 24.7 Å². The first-order valence-electron chi connectivity index (χ1n) is 7.20. The van der Waals surface area contributed by atoms with Gasteiger partial charge in [-0.3, -0.25) is 14.9 Å². The van der Waals surface area contributed by atoms with Crippen LogP contribution >= 0.6 is 0 Å². The second-order valence-corrected chi connectivity index (χ2v) is 5.07. The highest BCUT2D eigenvalue weighted by atomic mass is 16.6. The second kappa shape index (κ2) is 7.43. The van der Waals surface area contributed by atoms with Crippen molar-refractivity contribution in [1.82, 2.24) is 0 Å². The Kier molecular flexibility index (Phi) is 5.33. The summed E-state index contributed by atoms with van der Waals surface area (Å²) in [6, 6.07) is 8.71. The van der Waals surface area contributed by atoms with Gasteiger partial charge in [-0.1, -0.05) is 6.07 Å². The maximum atomic E-state index is 12.4. The SMILES string of the molecule is COC(=O)c1cccc(NC(=O)c2ccc(OC)c([N+](=O)[O-])c2)c1C. The van der Waals surface area contributed by atoms with Crippen LogP contribution in [0.25, 0.3) is 0 Å². The Bertz CT molecular complexity index is 847. The molecule has 8 heteroatoms. The number of ether oxygens (including phenoxy) is 2. The van der Waals surface area contributed by atoms with Crippen LogP contribution < -0.4 is 10.1 Å². The summed E-state index contributed by atoms with van der Waals surface area (Å²) in [5.74, 6) is -1.00. The number of nitrogens with zero attached hydrogens (tertiary/aromatic N) is 1. The summed E-state index contributed by atoms with van der Waals surface area (Å²) >= 11 is 0. The number of nitro groups is 1. The molecule has 0 aliphatic rings. The lowest BCUT2D eigenvalue weighted by atomic mass is 10.1. The predicted molar refractivity (Wildman–Crippen MR) is 90.1 cm³/mol. The Labute approximate surface area is 143 Å². The zero-order valence-electron chi connectivity index (χ0n) is 13.9. The van der Waals surface area contributed by atoms with E-state index < -0.39 is 16.8 Å². The van der Waals surface area contributed by atoms with E-state index >= 15 is 0 Å². The number of methoxy groups -OCH3 is 2. The molecule has 2 aromatic carbocycles.